The van der Waals surface area contributed by atoms with Crippen molar-refractivity contribution in [1.29, 1.82) is 0 Å². The maximum absolute atomic E-state index is 10.9. The van der Waals surface area contributed by atoms with Crippen molar-refractivity contribution >= 4 is 5.69 Å². The molecular formula is C13H18N2O3. The number of nitrogens with zero attached hydrogens (tertiary/aromatic N) is 1. The Bertz CT molecular complexity index is 444. The highest BCUT2D eigenvalue weighted by Gasteiger charge is 2.41. The molecule has 1 aliphatic rings. The fourth-order valence-corrected chi connectivity index (χ4v) is 2.07. The number of nitrogens with one attached hydrogen (secondary N) is 1. The molecule has 18 heavy (non-hydrogen) atoms. The molecule has 0 aromatic heterocycles. The lowest BCUT2D eigenvalue weighted by Crippen LogP contribution is -2.29. The van der Waals surface area contributed by atoms with E-state index in [4.69, 9.17) is 0 Å². The summed E-state index contributed by atoms with van der Waals surface area (Å²) in [7, 11) is 0. The van der Waals surface area contributed by atoms with Gasteiger partial charge in [0.1, 0.15) is 0 Å². The summed E-state index contributed by atoms with van der Waals surface area (Å²) in [5, 5.41) is 23.5. The lowest BCUT2D eigenvalue weighted by molar-refractivity contribution is -0.385. The largest absolute Gasteiger partial charge is 0.396 e. The molecule has 0 saturated heterocycles. The fourth-order valence-electron chi connectivity index (χ4n) is 2.07. The van der Waals surface area contributed by atoms with Crippen LogP contribution in [-0.4, -0.2) is 23.2 Å². The molecule has 5 nitrogen and oxygen atoms in total. The highest BCUT2D eigenvalue weighted by atomic mass is 16.6. The summed E-state index contributed by atoms with van der Waals surface area (Å²) in [6, 6.07) is 6.68. The molecule has 1 saturated carbocycles. The van der Waals surface area contributed by atoms with E-state index in [0.29, 0.717) is 12.1 Å². The van der Waals surface area contributed by atoms with Crippen LogP contribution in [0.1, 0.15) is 31.4 Å². The highest BCUT2D eigenvalue weighted by molar-refractivity contribution is 5.41. The van der Waals surface area contributed by atoms with Crippen LogP contribution in [0.2, 0.25) is 0 Å². The van der Waals surface area contributed by atoms with Gasteiger partial charge in [0.2, 0.25) is 0 Å². The standard InChI is InChI=1S/C13H18N2O3/c1-10(14-8-13(9-16)6-7-13)11-4-2-3-5-12(11)15(17)18/h2-5,10,14,16H,6-9H2,1H3. The van der Waals surface area contributed by atoms with Crippen molar-refractivity contribution in [3.05, 3.63) is 39.9 Å². The summed E-state index contributed by atoms with van der Waals surface area (Å²) in [6.07, 6.45) is 2.06. The van der Waals surface area contributed by atoms with Gasteiger partial charge in [-0.15, -0.1) is 0 Å². The molecule has 2 rings (SSSR count). The molecule has 1 aromatic rings. The summed E-state index contributed by atoms with van der Waals surface area (Å²) in [5.41, 5.74) is 0.847. The third kappa shape index (κ3) is 2.68. The monoisotopic (exact) mass is 250 g/mol. The Morgan fingerprint density at radius 1 is 1.50 bits per heavy atom. The number of aliphatic hydroxyl groups excluding tert-OH is 1. The smallest absolute Gasteiger partial charge is 0.274 e. The molecule has 0 heterocycles. The second-order valence-electron chi connectivity index (χ2n) is 5.08. The van der Waals surface area contributed by atoms with E-state index < -0.39 is 0 Å². The van der Waals surface area contributed by atoms with Crippen molar-refractivity contribution in [2.24, 2.45) is 5.41 Å². The molecular weight excluding hydrogens is 232 g/mol. The van der Waals surface area contributed by atoms with Gasteiger partial charge in [-0.3, -0.25) is 10.1 Å². The Balaban J connectivity index is 2.04. The van der Waals surface area contributed by atoms with Gasteiger partial charge < -0.3 is 10.4 Å². The van der Waals surface area contributed by atoms with E-state index in [0.717, 1.165) is 12.8 Å². The van der Waals surface area contributed by atoms with Crippen LogP contribution in [0, 0.1) is 15.5 Å². The Morgan fingerprint density at radius 2 is 2.17 bits per heavy atom. The molecule has 1 aliphatic carbocycles. The Morgan fingerprint density at radius 3 is 2.72 bits per heavy atom. The second-order valence-corrected chi connectivity index (χ2v) is 5.08. The van der Waals surface area contributed by atoms with Crippen LogP contribution in [0.3, 0.4) is 0 Å². The van der Waals surface area contributed by atoms with Crippen molar-refractivity contribution in [1.82, 2.24) is 5.32 Å². The number of nitro groups is 1. The van der Waals surface area contributed by atoms with E-state index in [2.05, 4.69) is 5.32 Å². The SMILES string of the molecule is CC(NCC1(CO)CC1)c1ccccc1[N+](=O)[O-]. The first-order valence-electron chi connectivity index (χ1n) is 6.15. The zero-order valence-corrected chi connectivity index (χ0v) is 10.4. The van der Waals surface area contributed by atoms with Crippen molar-refractivity contribution < 1.29 is 10.0 Å². The molecule has 0 spiro atoms. The molecule has 0 bridgehead atoms. The van der Waals surface area contributed by atoms with Gasteiger partial charge in [-0.2, -0.15) is 0 Å². The summed E-state index contributed by atoms with van der Waals surface area (Å²) >= 11 is 0. The van der Waals surface area contributed by atoms with E-state index in [1.54, 1.807) is 18.2 Å². The first-order valence-corrected chi connectivity index (χ1v) is 6.15. The Labute approximate surface area is 106 Å². The van der Waals surface area contributed by atoms with Gasteiger partial charge in [-0.25, -0.2) is 0 Å². The van der Waals surface area contributed by atoms with Crippen LogP contribution in [0.4, 0.5) is 5.69 Å². The van der Waals surface area contributed by atoms with Gasteiger partial charge in [0, 0.05) is 36.2 Å². The number of aliphatic hydroxyl groups is 1. The normalized spacial score (nSPS) is 18.3. The number of rotatable bonds is 6. The molecule has 1 aromatic carbocycles. The summed E-state index contributed by atoms with van der Waals surface area (Å²) in [6.45, 7) is 2.80. The minimum Gasteiger partial charge on any atom is -0.396 e. The molecule has 0 amide bonds. The van der Waals surface area contributed by atoms with E-state index in [1.807, 2.05) is 6.92 Å². The van der Waals surface area contributed by atoms with Crippen molar-refractivity contribution in [2.45, 2.75) is 25.8 Å². The van der Waals surface area contributed by atoms with Gasteiger partial charge in [-0.1, -0.05) is 18.2 Å². The van der Waals surface area contributed by atoms with Gasteiger partial charge in [0.05, 0.1) is 4.92 Å². The average Bonchev–Trinajstić information content (AvgIpc) is 3.16. The van der Waals surface area contributed by atoms with Crippen LogP contribution >= 0.6 is 0 Å². The van der Waals surface area contributed by atoms with E-state index in [9.17, 15) is 15.2 Å². The molecule has 0 aliphatic heterocycles. The maximum atomic E-state index is 10.9. The van der Waals surface area contributed by atoms with Crippen LogP contribution < -0.4 is 5.32 Å². The number of benzene rings is 1. The molecule has 2 N–H and O–H groups in total. The molecule has 1 unspecified atom stereocenters. The Hall–Kier alpha value is -1.46. The van der Waals surface area contributed by atoms with Gasteiger partial charge in [0.25, 0.3) is 5.69 Å². The third-order valence-electron chi connectivity index (χ3n) is 3.68. The first-order chi connectivity index (χ1) is 8.58. The van der Waals surface area contributed by atoms with E-state index in [-0.39, 0.29) is 28.7 Å². The molecule has 1 atom stereocenters. The van der Waals surface area contributed by atoms with Crippen LogP contribution in [0.15, 0.2) is 24.3 Å². The molecule has 98 valence electrons. The van der Waals surface area contributed by atoms with E-state index in [1.165, 1.54) is 6.07 Å². The van der Waals surface area contributed by atoms with Gasteiger partial charge in [0.15, 0.2) is 0 Å². The van der Waals surface area contributed by atoms with Crippen molar-refractivity contribution in [2.75, 3.05) is 13.2 Å². The summed E-state index contributed by atoms with van der Waals surface area (Å²) < 4.78 is 0. The quantitative estimate of drug-likeness (QED) is 0.598. The number of hydrogen-bond donors (Lipinski definition) is 2. The summed E-state index contributed by atoms with van der Waals surface area (Å²) in [5.74, 6) is 0. The first kappa shape index (κ1) is 13.0. The molecule has 0 radical (unpaired) electrons. The van der Waals surface area contributed by atoms with Gasteiger partial charge in [-0.05, 0) is 19.8 Å². The predicted molar refractivity (Wildman–Crippen MR) is 68.3 cm³/mol. The number of hydrogen-bond acceptors (Lipinski definition) is 4. The minimum atomic E-state index is -0.355. The zero-order chi connectivity index (χ0) is 13.2. The molecule has 5 heteroatoms. The number of para-hydroxylation sites is 1. The lowest BCUT2D eigenvalue weighted by atomic mass is 10.0. The van der Waals surface area contributed by atoms with Crippen LogP contribution in [0.25, 0.3) is 0 Å². The predicted octanol–water partition coefficient (Wildman–Crippen LogP) is 2.02. The summed E-state index contributed by atoms with van der Waals surface area (Å²) in [4.78, 5) is 10.6. The highest BCUT2D eigenvalue weighted by Crippen LogP contribution is 2.44. The Kier molecular flexibility index (Phi) is 3.63. The molecule has 1 fully saturated rings. The van der Waals surface area contributed by atoms with Crippen LogP contribution in [-0.2, 0) is 0 Å². The topological polar surface area (TPSA) is 75.4 Å². The fraction of sp³-hybridized carbons (Fsp3) is 0.538. The van der Waals surface area contributed by atoms with Crippen molar-refractivity contribution in [3.8, 4) is 0 Å². The average molecular weight is 250 g/mol. The van der Waals surface area contributed by atoms with E-state index >= 15 is 0 Å². The zero-order valence-electron chi connectivity index (χ0n) is 10.4. The third-order valence-corrected chi connectivity index (χ3v) is 3.68. The minimum absolute atomic E-state index is 0.0117. The van der Waals surface area contributed by atoms with Gasteiger partial charge >= 0.3 is 0 Å². The lowest BCUT2D eigenvalue weighted by Gasteiger charge is -2.18. The van der Waals surface area contributed by atoms with Crippen molar-refractivity contribution in [3.63, 3.8) is 0 Å². The second kappa shape index (κ2) is 5.04. The number of nitro benzene ring substituents is 1. The maximum Gasteiger partial charge on any atom is 0.274 e. The van der Waals surface area contributed by atoms with Crippen LogP contribution in [0.5, 0.6) is 0 Å².